The van der Waals surface area contributed by atoms with Gasteiger partial charge in [0.25, 0.3) is 10.3 Å². The molecule has 0 saturated carbocycles. The van der Waals surface area contributed by atoms with Crippen LogP contribution in [0.1, 0.15) is 13.8 Å². The van der Waals surface area contributed by atoms with Gasteiger partial charge in [0.1, 0.15) is 0 Å². The Morgan fingerprint density at radius 1 is 1.75 bits per heavy atom. The molecule has 5 heteroatoms. The highest BCUT2D eigenvalue weighted by Gasteiger charge is 1.65. The molecule has 50 valence electrons. The van der Waals surface area contributed by atoms with Crippen LogP contribution in [0.4, 0.5) is 0 Å². The third-order valence-corrected chi connectivity index (χ3v) is 0. The van der Waals surface area contributed by atoms with Crippen molar-refractivity contribution in [2.45, 2.75) is 13.8 Å². The normalized spacial score (nSPS) is 11.0. The summed E-state index contributed by atoms with van der Waals surface area (Å²) in [7, 11) is 2.16. The van der Waals surface area contributed by atoms with Crippen LogP contribution < -0.4 is 0 Å². The predicted octanol–water partition coefficient (Wildman–Crippen LogP) is 1.41. The Morgan fingerprint density at radius 3 is 1.75 bits per heavy atom. The summed E-state index contributed by atoms with van der Waals surface area (Å²) in [4.78, 5) is 0. The zero-order chi connectivity index (χ0) is 7.15. The Kier molecular flexibility index (Phi) is 9.68. The Hall–Kier alpha value is 0.0700. The van der Waals surface area contributed by atoms with Gasteiger partial charge < -0.3 is 5.41 Å². The molecule has 0 bridgehead atoms. The average Bonchev–Trinajstić information content (AvgIpc) is 1.25. The topological polar surface area (TPSA) is 61.2 Å². The fourth-order valence-corrected chi connectivity index (χ4v) is 0. The second kappa shape index (κ2) is 7.07. The van der Waals surface area contributed by atoms with Gasteiger partial charge in [-0.25, -0.2) is 4.21 Å². The molecule has 0 aromatic heterocycles. The summed E-state index contributed by atoms with van der Waals surface area (Å²) in [5, 5.41) is 6.50. The fourth-order valence-electron chi connectivity index (χ4n) is 0. The third-order valence-electron chi connectivity index (χ3n) is 0. The van der Waals surface area contributed by atoms with Crippen molar-refractivity contribution < 1.29 is 8.76 Å². The molecule has 0 aliphatic rings. The minimum absolute atomic E-state index is 0.667. The zero-order valence-corrected chi connectivity index (χ0v) is 6.21. The van der Waals surface area contributed by atoms with Crippen LogP contribution in [0.25, 0.3) is 0 Å². The molecule has 0 rings (SSSR count). The molecule has 0 aromatic rings. The van der Waals surface area contributed by atoms with Crippen LogP contribution in [0.15, 0.2) is 0 Å². The zero-order valence-electron chi connectivity index (χ0n) is 4.64. The van der Waals surface area contributed by atoms with Crippen LogP contribution in [-0.4, -0.2) is 14.5 Å². The largest absolute Gasteiger partial charge is 0.310 e. The minimum Gasteiger partial charge on any atom is -0.310 e. The lowest BCUT2D eigenvalue weighted by Crippen LogP contribution is -1.67. The van der Waals surface area contributed by atoms with E-state index in [0.29, 0.717) is 5.71 Å². The van der Waals surface area contributed by atoms with Crippen LogP contribution >= 0.6 is 10.7 Å². The van der Waals surface area contributed by atoms with E-state index in [9.17, 15) is 0 Å². The molecule has 0 saturated heterocycles. The minimum atomic E-state index is -2.14. The van der Waals surface area contributed by atoms with Crippen molar-refractivity contribution in [2.75, 3.05) is 0 Å². The van der Waals surface area contributed by atoms with Crippen molar-refractivity contribution >= 4 is 26.7 Å². The Labute approximate surface area is 55.3 Å². The molecule has 1 atom stereocenters. The molecule has 0 amide bonds. The summed E-state index contributed by atoms with van der Waals surface area (Å²) in [6.07, 6.45) is 0. The lowest BCUT2D eigenvalue weighted by molar-refractivity contribution is 0.580. The fraction of sp³-hybridized carbons (Fsp3) is 0.667. The highest BCUT2D eigenvalue weighted by Crippen LogP contribution is 1.72. The van der Waals surface area contributed by atoms with Crippen molar-refractivity contribution in [3.8, 4) is 0 Å². The number of hydrogen-bond donors (Lipinski definition) is 2. The van der Waals surface area contributed by atoms with Crippen molar-refractivity contribution in [1.82, 2.24) is 0 Å². The van der Waals surface area contributed by atoms with E-state index < -0.39 is 10.3 Å². The monoisotopic (exact) mass is 157 g/mol. The molecule has 8 heavy (non-hydrogen) atoms. The molecule has 0 aliphatic carbocycles. The third kappa shape index (κ3) is 31800. The first kappa shape index (κ1) is 10.9. The van der Waals surface area contributed by atoms with Gasteiger partial charge in [-0.05, 0) is 13.8 Å². The van der Waals surface area contributed by atoms with E-state index >= 15 is 0 Å². The Morgan fingerprint density at radius 2 is 1.75 bits per heavy atom. The average molecular weight is 158 g/mol. The van der Waals surface area contributed by atoms with Gasteiger partial charge in [0, 0.05) is 16.4 Å². The molecule has 0 spiro atoms. The first-order valence-electron chi connectivity index (χ1n) is 1.75. The van der Waals surface area contributed by atoms with E-state index in [1.807, 2.05) is 0 Å². The van der Waals surface area contributed by atoms with Crippen molar-refractivity contribution in [2.24, 2.45) is 0 Å². The van der Waals surface area contributed by atoms with Crippen LogP contribution in [0.5, 0.6) is 0 Å². The van der Waals surface area contributed by atoms with Crippen molar-refractivity contribution in [1.29, 1.82) is 5.41 Å². The van der Waals surface area contributed by atoms with Crippen LogP contribution in [0, 0.1) is 5.41 Å². The van der Waals surface area contributed by atoms with Crippen LogP contribution in [0.2, 0.25) is 0 Å². The summed E-state index contributed by atoms with van der Waals surface area (Å²) in [5.74, 6) is 0. The van der Waals surface area contributed by atoms with Gasteiger partial charge >= 0.3 is 0 Å². The molecule has 0 heterocycles. The van der Waals surface area contributed by atoms with Gasteiger partial charge in [0.15, 0.2) is 0 Å². The maximum atomic E-state index is 8.88. The Bertz CT molecular complexity index is 75.3. The van der Waals surface area contributed by atoms with Crippen molar-refractivity contribution in [3.05, 3.63) is 0 Å². The number of rotatable bonds is 0. The van der Waals surface area contributed by atoms with Gasteiger partial charge in [-0.15, -0.1) is 0 Å². The molecule has 1 unspecified atom stereocenters. The molecule has 3 nitrogen and oxygen atoms in total. The smallest absolute Gasteiger partial charge is 0.253 e. The number of halogens is 1. The first-order chi connectivity index (χ1) is 3.46. The SMILES string of the molecule is CC(C)=N.O=S(O)Cl. The van der Waals surface area contributed by atoms with Gasteiger partial charge in [0.2, 0.25) is 0 Å². The standard InChI is InChI=1S/C3H7N.ClHO2S/c1-3(2)4;1-4(2)3/h4H,1-2H3;(H,2,3). The van der Waals surface area contributed by atoms with Gasteiger partial charge in [-0.2, -0.15) is 0 Å². The van der Waals surface area contributed by atoms with Crippen LogP contribution in [0.3, 0.4) is 0 Å². The molecule has 0 aromatic carbocycles. The molecule has 0 fully saturated rings. The summed E-state index contributed by atoms with van der Waals surface area (Å²) in [6.45, 7) is 3.50. The summed E-state index contributed by atoms with van der Waals surface area (Å²) >= 11 is 0. The van der Waals surface area contributed by atoms with Gasteiger partial charge in [-0.3, -0.25) is 4.55 Å². The quantitative estimate of drug-likeness (QED) is 0.317. The summed E-state index contributed by atoms with van der Waals surface area (Å²) < 4.78 is 16.2. The van der Waals surface area contributed by atoms with E-state index in [4.69, 9.17) is 14.2 Å². The summed E-state index contributed by atoms with van der Waals surface area (Å²) in [5.41, 5.74) is 0.667. The van der Waals surface area contributed by atoms with Gasteiger partial charge in [0.05, 0.1) is 0 Å². The molecule has 0 aliphatic heterocycles. The predicted molar refractivity (Wildman–Crippen MR) is 35.7 cm³/mol. The van der Waals surface area contributed by atoms with E-state index in [1.54, 1.807) is 13.8 Å². The molecular weight excluding hydrogens is 150 g/mol. The summed E-state index contributed by atoms with van der Waals surface area (Å²) in [6, 6.07) is 0. The van der Waals surface area contributed by atoms with E-state index in [2.05, 4.69) is 10.7 Å². The highest BCUT2D eigenvalue weighted by atomic mass is 35.7. The van der Waals surface area contributed by atoms with E-state index in [0.717, 1.165) is 0 Å². The first-order valence-corrected chi connectivity index (χ1v) is 3.69. The number of nitrogens with one attached hydrogen (secondary N) is 1. The van der Waals surface area contributed by atoms with E-state index in [1.165, 1.54) is 0 Å². The van der Waals surface area contributed by atoms with E-state index in [-0.39, 0.29) is 0 Å². The van der Waals surface area contributed by atoms with Crippen molar-refractivity contribution in [3.63, 3.8) is 0 Å². The lowest BCUT2D eigenvalue weighted by Gasteiger charge is -1.63. The molecule has 0 radical (unpaired) electrons. The molecule has 2 N–H and O–H groups in total. The maximum absolute atomic E-state index is 8.88. The van der Waals surface area contributed by atoms with Crippen LogP contribution in [-0.2, 0) is 10.3 Å². The van der Waals surface area contributed by atoms with Gasteiger partial charge in [-0.1, -0.05) is 0 Å². The number of hydrogen-bond acceptors (Lipinski definition) is 2. The Balaban J connectivity index is 0. The second-order valence-electron chi connectivity index (χ2n) is 1.21. The second-order valence-corrected chi connectivity index (χ2v) is 2.41. The lowest BCUT2D eigenvalue weighted by atomic mass is 10.5. The maximum Gasteiger partial charge on any atom is 0.253 e. The molecular formula is C3H8ClNO2S. The highest BCUT2D eigenvalue weighted by molar-refractivity contribution is 8.03.